The molecule has 0 saturated carbocycles. The van der Waals surface area contributed by atoms with Crippen LogP contribution in [0.15, 0.2) is 78.9 Å². The molecule has 0 heterocycles. The molecule has 146 valence electrons. The quantitative estimate of drug-likeness (QED) is 0.567. The highest BCUT2D eigenvalue weighted by Gasteiger charge is 2.11. The van der Waals surface area contributed by atoms with Gasteiger partial charge in [0.1, 0.15) is 24.2 Å². The SMILES string of the molecule is N#CC(CCc1ccccc1)Oc1ccc(OCc2ccccc2C(=O)O)cc1. The fourth-order valence-electron chi connectivity index (χ4n) is 2.89. The van der Waals surface area contributed by atoms with Crippen LogP contribution in [-0.2, 0) is 13.0 Å². The predicted octanol–water partition coefficient (Wildman–Crippen LogP) is 4.87. The summed E-state index contributed by atoms with van der Waals surface area (Å²) in [7, 11) is 0. The van der Waals surface area contributed by atoms with Gasteiger partial charge in [-0.15, -0.1) is 0 Å². The molecule has 1 N–H and O–H groups in total. The van der Waals surface area contributed by atoms with E-state index in [4.69, 9.17) is 9.47 Å². The molecular formula is C24H21NO4. The maximum atomic E-state index is 11.3. The summed E-state index contributed by atoms with van der Waals surface area (Å²) in [5.41, 5.74) is 2.00. The number of carbonyl (C=O) groups is 1. The maximum Gasteiger partial charge on any atom is 0.336 e. The summed E-state index contributed by atoms with van der Waals surface area (Å²) in [6, 6.07) is 25.9. The number of aryl methyl sites for hydroxylation is 1. The van der Waals surface area contributed by atoms with E-state index in [9.17, 15) is 15.2 Å². The summed E-state index contributed by atoms with van der Waals surface area (Å²) in [6.45, 7) is 0.153. The van der Waals surface area contributed by atoms with Gasteiger partial charge >= 0.3 is 5.97 Å². The largest absolute Gasteiger partial charge is 0.489 e. The molecule has 1 unspecified atom stereocenters. The second kappa shape index (κ2) is 9.95. The highest BCUT2D eigenvalue weighted by molar-refractivity contribution is 5.89. The molecule has 5 heteroatoms. The van der Waals surface area contributed by atoms with Gasteiger partial charge in [-0.2, -0.15) is 5.26 Å². The first-order valence-corrected chi connectivity index (χ1v) is 9.30. The topological polar surface area (TPSA) is 79.5 Å². The summed E-state index contributed by atoms with van der Waals surface area (Å²) < 4.78 is 11.4. The van der Waals surface area contributed by atoms with E-state index in [1.54, 1.807) is 48.5 Å². The molecule has 5 nitrogen and oxygen atoms in total. The van der Waals surface area contributed by atoms with E-state index in [0.717, 1.165) is 6.42 Å². The normalized spacial score (nSPS) is 11.3. The molecule has 0 radical (unpaired) electrons. The molecule has 0 aromatic heterocycles. The van der Waals surface area contributed by atoms with E-state index in [2.05, 4.69) is 6.07 Å². The number of benzene rings is 3. The Morgan fingerprint density at radius 1 is 0.931 bits per heavy atom. The number of aromatic carboxylic acids is 1. The lowest BCUT2D eigenvalue weighted by Gasteiger charge is -2.13. The van der Waals surface area contributed by atoms with E-state index in [0.29, 0.717) is 23.5 Å². The first-order chi connectivity index (χ1) is 14.2. The zero-order chi connectivity index (χ0) is 20.5. The number of nitriles is 1. The lowest BCUT2D eigenvalue weighted by molar-refractivity contribution is 0.0694. The number of hydrogen-bond donors (Lipinski definition) is 1. The molecule has 3 rings (SSSR count). The first-order valence-electron chi connectivity index (χ1n) is 9.30. The minimum atomic E-state index is -0.981. The average Bonchev–Trinajstić information content (AvgIpc) is 2.77. The van der Waals surface area contributed by atoms with Gasteiger partial charge in [0.25, 0.3) is 0 Å². The highest BCUT2D eigenvalue weighted by Crippen LogP contribution is 2.21. The fraction of sp³-hybridized carbons (Fsp3) is 0.167. The minimum Gasteiger partial charge on any atom is -0.489 e. The molecule has 0 saturated heterocycles. The van der Waals surface area contributed by atoms with Crippen molar-refractivity contribution in [3.63, 3.8) is 0 Å². The van der Waals surface area contributed by atoms with E-state index in [-0.39, 0.29) is 12.2 Å². The van der Waals surface area contributed by atoms with Gasteiger partial charge in [0.05, 0.1) is 5.56 Å². The van der Waals surface area contributed by atoms with E-state index in [1.807, 2.05) is 30.3 Å². The Kier molecular flexibility index (Phi) is 6.85. The molecule has 3 aromatic rings. The van der Waals surface area contributed by atoms with Gasteiger partial charge < -0.3 is 14.6 Å². The van der Waals surface area contributed by atoms with E-state index >= 15 is 0 Å². The predicted molar refractivity (Wildman–Crippen MR) is 109 cm³/mol. The van der Waals surface area contributed by atoms with Crippen LogP contribution >= 0.6 is 0 Å². The third-order valence-corrected chi connectivity index (χ3v) is 4.43. The molecule has 0 bridgehead atoms. The van der Waals surface area contributed by atoms with Gasteiger partial charge in [0.15, 0.2) is 6.10 Å². The van der Waals surface area contributed by atoms with Crippen LogP contribution in [0.5, 0.6) is 11.5 Å². The lowest BCUT2D eigenvalue weighted by atomic mass is 10.1. The second-order valence-electron chi connectivity index (χ2n) is 6.48. The summed E-state index contributed by atoms with van der Waals surface area (Å²) in [5.74, 6) is 0.198. The van der Waals surface area contributed by atoms with Crippen molar-refractivity contribution in [3.05, 3.63) is 95.6 Å². The van der Waals surface area contributed by atoms with Crippen LogP contribution in [0, 0.1) is 11.3 Å². The average molecular weight is 387 g/mol. The number of carboxylic acids is 1. The number of hydrogen-bond acceptors (Lipinski definition) is 4. The molecule has 0 aliphatic carbocycles. The molecule has 0 aliphatic rings. The van der Waals surface area contributed by atoms with Gasteiger partial charge in [-0.3, -0.25) is 0 Å². The number of ether oxygens (including phenoxy) is 2. The molecule has 0 fully saturated rings. The Hall–Kier alpha value is -3.78. The third-order valence-electron chi connectivity index (χ3n) is 4.43. The monoisotopic (exact) mass is 387 g/mol. The Balaban J connectivity index is 1.54. The Morgan fingerprint density at radius 3 is 2.28 bits per heavy atom. The number of carboxylic acid groups (broad SMARTS) is 1. The summed E-state index contributed by atoms with van der Waals surface area (Å²) in [5, 5.41) is 18.6. The van der Waals surface area contributed by atoms with Crippen molar-refractivity contribution in [2.45, 2.75) is 25.6 Å². The fourth-order valence-corrected chi connectivity index (χ4v) is 2.89. The zero-order valence-electron chi connectivity index (χ0n) is 15.8. The van der Waals surface area contributed by atoms with Crippen LogP contribution in [-0.4, -0.2) is 17.2 Å². The van der Waals surface area contributed by atoms with Crippen molar-refractivity contribution in [1.82, 2.24) is 0 Å². The van der Waals surface area contributed by atoms with Crippen LogP contribution in [0.4, 0.5) is 0 Å². The van der Waals surface area contributed by atoms with Crippen molar-refractivity contribution in [2.75, 3.05) is 0 Å². The molecule has 0 amide bonds. The van der Waals surface area contributed by atoms with E-state index < -0.39 is 12.1 Å². The van der Waals surface area contributed by atoms with Gasteiger partial charge in [-0.05, 0) is 42.3 Å². The zero-order valence-corrected chi connectivity index (χ0v) is 15.8. The van der Waals surface area contributed by atoms with Crippen molar-refractivity contribution in [3.8, 4) is 17.6 Å². The molecule has 1 atom stereocenters. The van der Waals surface area contributed by atoms with Gasteiger partial charge in [-0.1, -0.05) is 48.5 Å². The smallest absolute Gasteiger partial charge is 0.336 e. The number of rotatable bonds is 9. The summed E-state index contributed by atoms with van der Waals surface area (Å²) >= 11 is 0. The molecular weight excluding hydrogens is 366 g/mol. The first kappa shape index (κ1) is 20.0. The molecule has 3 aromatic carbocycles. The van der Waals surface area contributed by atoms with Gasteiger partial charge in [-0.25, -0.2) is 4.79 Å². The van der Waals surface area contributed by atoms with Gasteiger partial charge in [0.2, 0.25) is 0 Å². The van der Waals surface area contributed by atoms with E-state index in [1.165, 1.54) is 5.56 Å². The Labute approximate surface area is 169 Å². The molecule has 29 heavy (non-hydrogen) atoms. The standard InChI is InChI=1S/C24H21NO4/c25-16-22(11-10-18-6-2-1-3-7-18)29-21-14-12-20(13-15-21)28-17-19-8-4-5-9-23(19)24(26)27/h1-9,12-15,22H,10-11,17H2,(H,26,27). The van der Waals surface area contributed by atoms with Crippen molar-refractivity contribution >= 4 is 5.97 Å². The highest BCUT2D eigenvalue weighted by atomic mass is 16.5. The van der Waals surface area contributed by atoms with Gasteiger partial charge in [0, 0.05) is 12.0 Å². The minimum absolute atomic E-state index is 0.153. The summed E-state index contributed by atoms with van der Waals surface area (Å²) in [6.07, 6.45) is 0.831. The molecule has 0 aliphatic heterocycles. The van der Waals surface area contributed by atoms with Crippen LogP contribution in [0.2, 0.25) is 0 Å². The maximum absolute atomic E-state index is 11.3. The molecule has 0 spiro atoms. The number of nitrogens with zero attached hydrogens (tertiary/aromatic N) is 1. The van der Waals surface area contributed by atoms with Crippen molar-refractivity contribution in [1.29, 1.82) is 5.26 Å². The van der Waals surface area contributed by atoms with Crippen LogP contribution in [0.1, 0.15) is 27.9 Å². The van der Waals surface area contributed by atoms with Crippen molar-refractivity contribution in [2.24, 2.45) is 0 Å². The van der Waals surface area contributed by atoms with Crippen LogP contribution in [0.3, 0.4) is 0 Å². The van der Waals surface area contributed by atoms with Crippen LogP contribution in [0.25, 0.3) is 0 Å². The summed E-state index contributed by atoms with van der Waals surface area (Å²) in [4.78, 5) is 11.3. The Morgan fingerprint density at radius 2 is 1.59 bits per heavy atom. The third kappa shape index (κ3) is 5.85. The Bertz CT molecular complexity index is 978. The lowest BCUT2D eigenvalue weighted by Crippen LogP contribution is -2.15. The second-order valence-corrected chi connectivity index (χ2v) is 6.48. The van der Waals surface area contributed by atoms with Crippen molar-refractivity contribution < 1.29 is 19.4 Å². The van der Waals surface area contributed by atoms with Crippen LogP contribution < -0.4 is 9.47 Å².